The van der Waals surface area contributed by atoms with Gasteiger partial charge in [-0.1, -0.05) is 15.9 Å². The van der Waals surface area contributed by atoms with Crippen molar-refractivity contribution in [3.63, 3.8) is 0 Å². The molecular formula is C16H26BrIN4O2S. The maximum absolute atomic E-state index is 11.2. The van der Waals surface area contributed by atoms with Crippen LogP contribution in [0.1, 0.15) is 13.3 Å². The first-order valence-corrected chi connectivity index (χ1v) is 11.0. The zero-order valence-corrected chi connectivity index (χ0v) is 19.3. The van der Waals surface area contributed by atoms with Crippen molar-refractivity contribution in [2.24, 2.45) is 4.99 Å². The van der Waals surface area contributed by atoms with Crippen LogP contribution >= 0.6 is 39.9 Å². The van der Waals surface area contributed by atoms with Crippen LogP contribution in [0.25, 0.3) is 0 Å². The standard InChI is InChI=1S/C16H25BrN4O2S.HI/c1-3-18-16(19-9-11-24(2,22)23)20-14-8-10-21(12-14)15-6-4-13(17)5-7-15;/h4-7,14H,3,8-12H2,1-2H3,(H2,18,19,20);1H. The number of benzene rings is 1. The van der Waals surface area contributed by atoms with Crippen molar-refractivity contribution in [1.82, 2.24) is 10.6 Å². The van der Waals surface area contributed by atoms with Gasteiger partial charge in [-0.25, -0.2) is 8.42 Å². The van der Waals surface area contributed by atoms with Gasteiger partial charge >= 0.3 is 0 Å². The summed E-state index contributed by atoms with van der Waals surface area (Å²) < 4.78 is 23.5. The number of anilines is 1. The minimum Gasteiger partial charge on any atom is -0.369 e. The van der Waals surface area contributed by atoms with E-state index in [-0.39, 0.29) is 36.3 Å². The number of hydrogen-bond acceptors (Lipinski definition) is 4. The Labute approximate surface area is 175 Å². The Kier molecular flexibility index (Phi) is 9.50. The normalized spacial score (nSPS) is 18.0. The van der Waals surface area contributed by atoms with Crippen LogP contribution < -0.4 is 15.5 Å². The highest BCUT2D eigenvalue weighted by Crippen LogP contribution is 2.22. The van der Waals surface area contributed by atoms with Gasteiger partial charge in [-0.3, -0.25) is 4.99 Å². The van der Waals surface area contributed by atoms with Crippen LogP contribution in [0.5, 0.6) is 0 Å². The SMILES string of the molecule is CCNC(=NCCS(C)(=O)=O)NC1CCN(c2ccc(Br)cc2)C1.I. The lowest BCUT2D eigenvalue weighted by Gasteiger charge is -2.20. The number of nitrogens with zero attached hydrogens (tertiary/aromatic N) is 2. The molecule has 25 heavy (non-hydrogen) atoms. The van der Waals surface area contributed by atoms with E-state index in [4.69, 9.17) is 0 Å². The van der Waals surface area contributed by atoms with Crippen molar-refractivity contribution in [3.05, 3.63) is 28.7 Å². The van der Waals surface area contributed by atoms with Crippen molar-refractivity contribution in [2.45, 2.75) is 19.4 Å². The van der Waals surface area contributed by atoms with Crippen molar-refractivity contribution in [1.29, 1.82) is 0 Å². The molecule has 0 amide bonds. The fourth-order valence-corrected chi connectivity index (χ4v) is 3.29. The average Bonchev–Trinajstić information content (AvgIpc) is 2.95. The minimum atomic E-state index is -2.99. The van der Waals surface area contributed by atoms with E-state index in [0.29, 0.717) is 12.0 Å². The molecule has 1 atom stereocenters. The van der Waals surface area contributed by atoms with Gasteiger partial charge in [-0.15, -0.1) is 24.0 Å². The minimum absolute atomic E-state index is 0. The van der Waals surface area contributed by atoms with E-state index in [1.165, 1.54) is 11.9 Å². The zero-order valence-electron chi connectivity index (χ0n) is 14.5. The number of nitrogens with one attached hydrogen (secondary N) is 2. The van der Waals surface area contributed by atoms with Gasteiger partial charge in [0.1, 0.15) is 9.84 Å². The lowest BCUT2D eigenvalue weighted by molar-refractivity contribution is 0.601. The number of hydrogen-bond donors (Lipinski definition) is 2. The van der Waals surface area contributed by atoms with E-state index in [9.17, 15) is 8.42 Å². The summed E-state index contributed by atoms with van der Waals surface area (Å²) in [5.74, 6) is 0.753. The number of rotatable bonds is 6. The van der Waals surface area contributed by atoms with E-state index in [1.54, 1.807) is 0 Å². The fourth-order valence-electron chi connectivity index (χ4n) is 2.60. The van der Waals surface area contributed by atoms with Crippen LogP contribution in [0.3, 0.4) is 0 Å². The van der Waals surface area contributed by atoms with Gasteiger partial charge < -0.3 is 15.5 Å². The molecule has 1 aromatic carbocycles. The summed E-state index contributed by atoms with van der Waals surface area (Å²) in [5, 5.41) is 6.58. The summed E-state index contributed by atoms with van der Waals surface area (Å²) in [6.45, 7) is 4.90. The van der Waals surface area contributed by atoms with E-state index in [0.717, 1.165) is 30.5 Å². The third-order valence-corrected chi connectivity index (χ3v) is 5.25. The molecule has 1 aliphatic rings. The Morgan fingerprint density at radius 2 is 2.04 bits per heavy atom. The first-order valence-electron chi connectivity index (χ1n) is 8.10. The van der Waals surface area contributed by atoms with E-state index >= 15 is 0 Å². The molecule has 142 valence electrons. The summed E-state index contributed by atoms with van der Waals surface area (Å²) >= 11 is 3.46. The van der Waals surface area contributed by atoms with Gasteiger partial charge in [0, 0.05) is 42.1 Å². The van der Waals surface area contributed by atoms with Crippen LogP contribution in [-0.4, -0.2) is 58.6 Å². The Balaban J connectivity index is 0.00000312. The summed E-state index contributed by atoms with van der Waals surface area (Å²) in [5.41, 5.74) is 1.21. The zero-order chi connectivity index (χ0) is 17.6. The molecule has 1 aromatic rings. The monoisotopic (exact) mass is 544 g/mol. The van der Waals surface area contributed by atoms with Gasteiger partial charge in [0.05, 0.1) is 12.3 Å². The molecule has 0 saturated carbocycles. The molecule has 0 aromatic heterocycles. The summed E-state index contributed by atoms with van der Waals surface area (Å²) in [6, 6.07) is 8.61. The molecule has 1 aliphatic heterocycles. The Morgan fingerprint density at radius 3 is 2.64 bits per heavy atom. The largest absolute Gasteiger partial charge is 0.369 e. The van der Waals surface area contributed by atoms with Crippen LogP contribution in [-0.2, 0) is 9.84 Å². The first-order chi connectivity index (χ1) is 11.4. The van der Waals surface area contributed by atoms with Gasteiger partial charge in [0.2, 0.25) is 0 Å². The molecular weight excluding hydrogens is 519 g/mol. The smallest absolute Gasteiger partial charge is 0.191 e. The molecule has 0 spiro atoms. The first kappa shape index (κ1) is 22.5. The average molecular weight is 545 g/mol. The summed E-state index contributed by atoms with van der Waals surface area (Å²) in [7, 11) is -2.99. The molecule has 1 heterocycles. The molecule has 9 heteroatoms. The highest BCUT2D eigenvalue weighted by molar-refractivity contribution is 14.0. The highest BCUT2D eigenvalue weighted by atomic mass is 127. The van der Waals surface area contributed by atoms with Crippen LogP contribution in [0.15, 0.2) is 33.7 Å². The topological polar surface area (TPSA) is 73.8 Å². The Bertz CT molecular complexity index is 667. The van der Waals surface area contributed by atoms with Crippen LogP contribution in [0.2, 0.25) is 0 Å². The van der Waals surface area contributed by atoms with Crippen molar-refractivity contribution < 1.29 is 8.42 Å². The van der Waals surface area contributed by atoms with Crippen LogP contribution in [0.4, 0.5) is 5.69 Å². The number of guanidine groups is 1. The summed E-state index contributed by atoms with van der Waals surface area (Å²) in [6.07, 6.45) is 2.25. The lowest BCUT2D eigenvalue weighted by atomic mass is 10.3. The van der Waals surface area contributed by atoms with Gasteiger partial charge in [0.25, 0.3) is 0 Å². The molecule has 0 radical (unpaired) electrons. The quantitative estimate of drug-likeness (QED) is 0.326. The van der Waals surface area contributed by atoms with Gasteiger partial charge in [0.15, 0.2) is 5.96 Å². The third-order valence-electron chi connectivity index (χ3n) is 3.80. The maximum Gasteiger partial charge on any atom is 0.191 e. The van der Waals surface area contributed by atoms with Gasteiger partial charge in [-0.2, -0.15) is 0 Å². The van der Waals surface area contributed by atoms with Crippen molar-refractivity contribution in [2.75, 3.05) is 43.1 Å². The fraction of sp³-hybridized carbons (Fsp3) is 0.562. The Morgan fingerprint density at radius 1 is 1.36 bits per heavy atom. The van der Waals surface area contributed by atoms with E-state index < -0.39 is 9.84 Å². The number of sulfone groups is 1. The molecule has 0 bridgehead atoms. The van der Waals surface area contributed by atoms with E-state index in [2.05, 4.69) is 48.6 Å². The predicted molar refractivity (Wildman–Crippen MR) is 119 cm³/mol. The van der Waals surface area contributed by atoms with Gasteiger partial charge in [-0.05, 0) is 37.6 Å². The number of halogens is 2. The molecule has 2 N–H and O–H groups in total. The molecule has 2 rings (SSSR count). The van der Waals surface area contributed by atoms with E-state index in [1.807, 2.05) is 19.1 Å². The maximum atomic E-state index is 11.2. The second-order valence-electron chi connectivity index (χ2n) is 5.94. The molecule has 1 saturated heterocycles. The lowest BCUT2D eigenvalue weighted by Crippen LogP contribution is -2.44. The van der Waals surface area contributed by atoms with Crippen molar-refractivity contribution in [3.8, 4) is 0 Å². The molecule has 1 unspecified atom stereocenters. The predicted octanol–water partition coefficient (Wildman–Crippen LogP) is 2.25. The second-order valence-corrected chi connectivity index (χ2v) is 9.12. The highest BCUT2D eigenvalue weighted by Gasteiger charge is 2.23. The molecule has 0 aliphatic carbocycles. The second kappa shape index (κ2) is 10.6. The molecule has 6 nitrogen and oxygen atoms in total. The Hall–Kier alpha value is -0.550. The third kappa shape index (κ3) is 8.12. The summed E-state index contributed by atoms with van der Waals surface area (Å²) in [4.78, 5) is 6.70. The number of aliphatic imine (C=N–C) groups is 1. The molecule has 1 fully saturated rings. The van der Waals surface area contributed by atoms with Crippen LogP contribution in [0, 0.1) is 0 Å². The van der Waals surface area contributed by atoms with Crippen molar-refractivity contribution >= 4 is 61.4 Å².